The normalized spacial score (nSPS) is 11.3. The Morgan fingerprint density at radius 1 is 0.759 bits per heavy atom. The summed E-state index contributed by atoms with van der Waals surface area (Å²) in [5, 5.41) is 27.3. The molecule has 29 heavy (non-hydrogen) atoms. The second kappa shape index (κ2) is 12.7. The lowest BCUT2D eigenvalue weighted by atomic mass is 10.2. The van der Waals surface area contributed by atoms with Crippen molar-refractivity contribution in [1.82, 2.24) is 14.7 Å². The second-order valence-corrected chi connectivity index (χ2v) is 6.78. The number of nitrogens with zero attached hydrogens (tertiary/aromatic N) is 3. The lowest BCUT2D eigenvalue weighted by Gasteiger charge is -2.28. The van der Waals surface area contributed by atoms with E-state index in [4.69, 9.17) is 15.9 Å². The standard InChI is InChI=1S/C19H30N4O6/c1-2-21(12-17(24)25)7-8-22(13-18(26)27)9-10-23(14-19(28)29)11-15-3-5-16(20)6-4-15/h3-6H,2,7-14,20H2,1H3,(H,24,25)(H,26,27)(H,28,29). The summed E-state index contributed by atoms with van der Waals surface area (Å²) in [7, 11) is 0. The van der Waals surface area contributed by atoms with E-state index in [9.17, 15) is 19.5 Å². The number of likely N-dealkylation sites (N-methyl/N-ethyl adjacent to an activating group) is 1. The molecule has 0 aliphatic rings. The Balaban J connectivity index is 2.69. The molecule has 0 heterocycles. The van der Waals surface area contributed by atoms with Gasteiger partial charge in [-0.05, 0) is 24.2 Å². The Morgan fingerprint density at radius 3 is 1.66 bits per heavy atom. The maximum Gasteiger partial charge on any atom is 0.317 e. The van der Waals surface area contributed by atoms with Crippen LogP contribution in [-0.4, -0.2) is 100 Å². The molecule has 5 N–H and O–H groups in total. The molecule has 1 aromatic rings. The van der Waals surface area contributed by atoms with Crippen LogP contribution in [-0.2, 0) is 20.9 Å². The van der Waals surface area contributed by atoms with Crippen LogP contribution < -0.4 is 5.73 Å². The third-order valence-corrected chi connectivity index (χ3v) is 4.37. The Morgan fingerprint density at radius 2 is 1.17 bits per heavy atom. The first-order valence-corrected chi connectivity index (χ1v) is 9.36. The number of aliphatic carboxylic acids is 3. The summed E-state index contributed by atoms with van der Waals surface area (Å²) in [5.41, 5.74) is 7.20. The van der Waals surface area contributed by atoms with E-state index in [1.54, 1.807) is 26.8 Å². The summed E-state index contributed by atoms with van der Waals surface area (Å²) in [6.45, 7) is 3.77. The molecule has 162 valence electrons. The van der Waals surface area contributed by atoms with Crippen molar-refractivity contribution in [3.8, 4) is 0 Å². The number of benzene rings is 1. The van der Waals surface area contributed by atoms with Crippen LogP contribution in [0, 0.1) is 0 Å². The zero-order chi connectivity index (χ0) is 21.8. The molecule has 0 aliphatic heterocycles. The molecule has 1 rings (SSSR count). The largest absolute Gasteiger partial charge is 0.480 e. The maximum absolute atomic E-state index is 11.2. The van der Waals surface area contributed by atoms with Gasteiger partial charge in [-0.25, -0.2) is 0 Å². The fourth-order valence-corrected chi connectivity index (χ4v) is 2.85. The average Bonchev–Trinajstić information content (AvgIpc) is 2.63. The van der Waals surface area contributed by atoms with Crippen LogP contribution in [0.1, 0.15) is 12.5 Å². The lowest BCUT2D eigenvalue weighted by molar-refractivity contribution is -0.140. The van der Waals surface area contributed by atoms with Gasteiger partial charge in [0.25, 0.3) is 0 Å². The van der Waals surface area contributed by atoms with Gasteiger partial charge in [-0.3, -0.25) is 29.1 Å². The topological polar surface area (TPSA) is 148 Å². The van der Waals surface area contributed by atoms with Gasteiger partial charge in [0, 0.05) is 38.4 Å². The van der Waals surface area contributed by atoms with Gasteiger partial charge in [0.15, 0.2) is 0 Å². The SMILES string of the molecule is CCN(CCN(CCN(CC(=O)O)Cc1ccc(N)cc1)CC(=O)O)CC(=O)O. The van der Waals surface area contributed by atoms with E-state index in [1.807, 2.05) is 19.1 Å². The number of carbonyl (C=O) groups is 3. The smallest absolute Gasteiger partial charge is 0.317 e. The van der Waals surface area contributed by atoms with Crippen molar-refractivity contribution in [2.75, 3.05) is 58.1 Å². The van der Waals surface area contributed by atoms with Crippen LogP contribution in [0.3, 0.4) is 0 Å². The van der Waals surface area contributed by atoms with Gasteiger partial charge in [0.05, 0.1) is 19.6 Å². The highest BCUT2D eigenvalue weighted by Gasteiger charge is 2.16. The van der Waals surface area contributed by atoms with Crippen LogP contribution in [0.15, 0.2) is 24.3 Å². The Hall–Kier alpha value is -2.69. The van der Waals surface area contributed by atoms with E-state index in [0.717, 1.165) is 5.56 Å². The first-order chi connectivity index (χ1) is 13.7. The molecule has 0 aromatic heterocycles. The van der Waals surface area contributed by atoms with Gasteiger partial charge >= 0.3 is 17.9 Å². The van der Waals surface area contributed by atoms with Crippen molar-refractivity contribution in [2.45, 2.75) is 13.5 Å². The van der Waals surface area contributed by atoms with Gasteiger partial charge in [-0.2, -0.15) is 0 Å². The van der Waals surface area contributed by atoms with E-state index in [-0.39, 0.29) is 19.6 Å². The van der Waals surface area contributed by atoms with Crippen LogP contribution in [0.5, 0.6) is 0 Å². The quantitative estimate of drug-likeness (QED) is 0.290. The van der Waals surface area contributed by atoms with Crippen molar-refractivity contribution >= 4 is 23.6 Å². The number of nitrogens with two attached hydrogens (primary N) is 1. The molecular weight excluding hydrogens is 380 g/mol. The summed E-state index contributed by atoms with van der Waals surface area (Å²) in [6, 6.07) is 7.13. The zero-order valence-corrected chi connectivity index (χ0v) is 16.7. The van der Waals surface area contributed by atoms with Crippen molar-refractivity contribution in [3.63, 3.8) is 0 Å². The van der Waals surface area contributed by atoms with Crippen LogP contribution >= 0.6 is 0 Å². The van der Waals surface area contributed by atoms with Gasteiger partial charge < -0.3 is 21.1 Å². The predicted octanol–water partition coefficient (Wildman–Crippen LogP) is -0.0515. The zero-order valence-electron chi connectivity index (χ0n) is 16.7. The predicted molar refractivity (Wildman–Crippen MR) is 108 cm³/mol. The number of carboxylic acid groups (broad SMARTS) is 3. The maximum atomic E-state index is 11.2. The molecule has 0 radical (unpaired) electrons. The van der Waals surface area contributed by atoms with Crippen molar-refractivity contribution < 1.29 is 29.7 Å². The summed E-state index contributed by atoms with van der Waals surface area (Å²) in [5.74, 6) is -2.90. The minimum Gasteiger partial charge on any atom is -0.480 e. The Bertz CT molecular complexity index is 667. The van der Waals surface area contributed by atoms with Crippen LogP contribution in [0.25, 0.3) is 0 Å². The van der Waals surface area contributed by atoms with Gasteiger partial charge in [0.2, 0.25) is 0 Å². The number of nitrogen functional groups attached to an aromatic ring is 1. The Labute approximate surface area is 170 Å². The molecule has 0 amide bonds. The van der Waals surface area contributed by atoms with Crippen LogP contribution in [0.2, 0.25) is 0 Å². The van der Waals surface area contributed by atoms with Crippen LogP contribution in [0.4, 0.5) is 5.69 Å². The monoisotopic (exact) mass is 410 g/mol. The Kier molecular flexibility index (Phi) is 10.7. The molecule has 0 saturated carbocycles. The summed E-state index contributed by atoms with van der Waals surface area (Å²) in [6.07, 6.45) is 0. The van der Waals surface area contributed by atoms with E-state index in [0.29, 0.717) is 45.0 Å². The molecule has 0 bridgehead atoms. The highest BCUT2D eigenvalue weighted by Crippen LogP contribution is 2.09. The van der Waals surface area contributed by atoms with Gasteiger partial charge in [0.1, 0.15) is 0 Å². The molecule has 1 aromatic carbocycles. The fraction of sp³-hybridized carbons (Fsp3) is 0.526. The number of hydrogen-bond donors (Lipinski definition) is 4. The average molecular weight is 410 g/mol. The third kappa shape index (κ3) is 11.0. The second-order valence-electron chi connectivity index (χ2n) is 6.78. The van der Waals surface area contributed by atoms with Crippen molar-refractivity contribution in [1.29, 1.82) is 0 Å². The molecule has 10 heteroatoms. The molecule has 0 aliphatic carbocycles. The minimum absolute atomic E-state index is 0.111. The van der Waals surface area contributed by atoms with Crippen molar-refractivity contribution in [3.05, 3.63) is 29.8 Å². The summed E-state index contributed by atoms with van der Waals surface area (Å²) < 4.78 is 0. The highest BCUT2D eigenvalue weighted by atomic mass is 16.4. The number of hydrogen-bond acceptors (Lipinski definition) is 7. The minimum atomic E-state index is -0.991. The van der Waals surface area contributed by atoms with E-state index in [1.165, 1.54) is 0 Å². The summed E-state index contributed by atoms with van der Waals surface area (Å²) in [4.78, 5) is 38.4. The first-order valence-electron chi connectivity index (χ1n) is 9.36. The molecule has 0 atom stereocenters. The van der Waals surface area contributed by atoms with Gasteiger partial charge in [-0.1, -0.05) is 19.1 Å². The summed E-state index contributed by atoms with van der Waals surface area (Å²) >= 11 is 0. The third-order valence-electron chi connectivity index (χ3n) is 4.37. The molecule has 0 fully saturated rings. The van der Waals surface area contributed by atoms with Gasteiger partial charge in [-0.15, -0.1) is 0 Å². The first kappa shape index (κ1) is 24.3. The highest BCUT2D eigenvalue weighted by molar-refractivity contribution is 5.69. The van der Waals surface area contributed by atoms with Crippen molar-refractivity contribution in [2.24, 2.45) is 0 Å². The molecule has 10 nitrogen and oxygen atoms in total. The van der Waals surface area contributed by atoms with E-state index < -0.39 is 17.9 Å². The fourth-order valence-electron chi connectivity index (χ4n) is 2.85. The molecule has 0 spiro atoms. The lowest BCUT2D eigenvalue weighted by Crippen LogP contribution is -2.43. The number of rotatable bonds is 15. The number of carboxylic acids is 3. The number of anilines is 1. The van der Waals surface area contributed by atoms with E-state index >= 15 is 0 Å². The molecule has 0 unspecified atom stereocenters. The molecule has 0 saturated heterocycles. The molecular formula is C19H30N4O6. The van der Waals surface area contributed by atoms with E-state index in [2.05, 4.69) is 0 Å².